The third-order valence-corrected chi connectivity index (χ3v) is 1.56. The maximum Gasteiger partial charge on any atom is 0.211 e. The molecule has 0 fully saturated rings. The van der Waals surface area contributed by atoms with Crippen molar-refractivity contribution in [3.05, 3.63) is 23.8 Å². The minimum atomic E-state index is -1.12. The zero-order chi connectivity index (χ0) is 10.6. The van der Waals surface area contributed by atoms with Gasteiger partial charge in [0.1, 0.15) is 0 Å². The summed E-state index contributed by atoms with van der Waals surface area (Å²) in [7, 11) is 0. The van der Waals surface area contributed by atoms with Crippen molar-refractivity contribution >= 4 is 12.1 Å². The van der Waals surface area contributed by atoms with Crippen LogP contribution in [0, 0.1) is 11.6 Å². The number of carbonyl (C=O) groups excluding carboxylic acids is 1. The van der Waals surface area contributed by atoms with Crippen LogP contribution in [0.5, 0.6) is 5.75 Å². The first-order chi connectivity index (χ1) is 6.70. The number of hydrogen-bond acceptors (Lipinski definition) is 2. The van der Waals surface area contributed by atoms with E-state index < -0.39 is 11.6 Å². The monoisotopic (exact) mass is 201 g/mol. The number of benzene rings is 1. The molecular formula is C9H9F2NO2. The second kappa shape index (κ2) is 4.55. The summed E-state index contributed by atoms with van der Waals surface area (Å²) in [5.41, 5.74) is -0.207. The van der Waals surface area contributed by atoms with Crippen LogP contribution in [0.2, 0.25) is 0 Å². The molecule has 1 rings (SSSR count). The van der Waals surface area contributed by atoms with Gasteiger partial charge >= 0.3 is 0 Å². The molecule has 0 unspecified atom stereocenters. The number of amides is 1. The number of ether oxygens (including phenoxy) is 1. The van der Waals surface area contributed by atoms with E-state index in [0.717, 1.165) is 0 Å². The Labute approximate surface area is 79.7 Å². The molecule has 0 bridgehead atoms. The average Bonchev–Trinajstić information content (AvgIpc) is 2.18. The molecule has 14 heavy (non-hydrogen) atoms. The number of carbonyl (C=O) groups is 1. The summed E-state index contributed by atoms with van der Waals surface area (Å²) in [5.74, 6) is -2.39. The van der Waals surface area contributed by atoms with Crippen LogP contribution in [0.25, 0.3) is 0 Å². The summed E-state index contributed by atoms with van der Waals surface area (Å²) in [5, 5.41) is 2.03. The van der Waals surface area contributed by atoms with E-state index in [1.165, 1.54) is 12.1 Å². The molecule has 0 atom stereocenters. The lowest BCUT2D eigenvalue weighted by Crippen LogP contribution is -2.02. The lowest BCUT2D eigenvalue weighted by atomic mass is 10.2. The molecule has 1 N–H and O–H groups in total. The predicted molar refractivity (Wildman–Crippen MR) is 47.2 cm³/mol. The number of hydrogen-bond donors (Lipinski definition) is 1. The van der Waals surface area contributed by atoms with Gasteiger partial charge in [0.2, 0.25) is 12.2 Å². The highest BCUT2D eigenvalue weighted by molar-refractivity contribution is 5.71. The van der Waals surface area contributed by atoms with E-state index in [1.807, 2.05) is 5.32 Å². The summed E-state index contributed by atoms with van der Waals surface area (Å²) in [4.78, 5) is 10.0. The smallest absolute Gasteiger partial charge is 0.211 e. The fraction of sp³-hybridized carbons (Fsp3) is 0.222. The largest absolute Gasteiger partial charge is 0.491 e. The number of halogens is 2. The van der Waals surface area contributed by atoms with Crippen molar-refractivity contribution in [1.29, 1.82) is 0 Å². The van der Waals surface area contributed by atoms with Crippen LogP contribution < -0.4 is 10.1 Å². The second-order valence-corrected chi connectivity index (χ2v) is 2.43. The van der Waals surface area contributed by atoms with Crippen molar-refractivity contribution in [3.8, 4) is 5.75 Å². The van der Waals surface area contributed by atoms with Crippen molar-refractivity contribution in [2.24, 2.45) is 0 Å². The molecule has 0 spiro atoms. The Hall–Kier alpha value is -1.65. The molecule has 1 amide bonds. The van der Waals surface area contributed by atoms with Crippen LogP contribution in [0.15, 0.2) is 12.1 Å². The van der Waals surface area contributed by atoms with Gasteiger partial charge in [-0.1, -0.05) is 0 Å². The Balaban J connectivity index is 3.05. The van der Waals surface area contributed by atoms with Gasteiger partial charge in [0.15, 0.2) is 11.6 Å². The first kappa shape index (κ1) is 10.4. The highest BCUT2D eigenvalue weighted by atomic mass is 19.2. The molecule has 0 heterocycles. The van der Waals surface area contributed by atoms with Crippen LogP contribution in [-0.2, 0) is 4.79 Å². The van der Waals surface area contributed by atoms with Crippen LogP contribution in [0.3, 0.4) is 0 Å². The van der Waals surface area contributed by atoms with Gasteiger partial charge in [0.25, 0.3) is 0 Å². The number of rotatable bonds is 4. The molecule has 0 saturated heterocycles. The SMILES string of the molecule is CCOc1ccc(NC=O)c(F)c1F. The molecular weight excluding hydrogens is 192 g/mol. The number of nitrogens with one attached hydrogen (secondary N) is 1. The first-order valence-corrected chi connectivity index (χ1v) is 4.01. The molecule has 0 saturated carbocycles. The normalized spacial score (nSPS) is 9.64. The molecule has 3 nitrogen and oxygen atoms in total. The predicted octanol–water partition coefficient (Wildman–Crippen LogP) is 1.93. The second-order valence-electron chi connectivity index (χ2n) is 2.43. The van der Waals surface area contributed by atoms with Crippen LogP contribution >= 0.6 is 0 Å². The van der Waals surface area contributed by atoms with Crippen molar-refractivity contribution in [3.63, 3.8) is 0 Å². The lowest BCUT2D eigenvalue weighted by Gasteiger charge is -2.07. The average molecular weight is 201 g/mol. The summed E-state index contributed by atoms with van der Waals surface area (Å²) in [6.07, 6.45) is 0.276. The third kappa shape index (κ3) is 1.99. The fourth-order valence-electron chi connectivity index (χ4n) is 0.974. The Morgan fingerprint density at radius 1 is 1.43 bits per heavy atom. The summed E-state index contributed by atoms with van der Waals surface area (Å²) < 4.78 is 31.0. The molecule has 1 aromatic carbocycles. The van der Waals surface area contributed by atoms with E-state index in [0.29, 0.717) is 0 Å². The first-order valence-electron chi connectivity index (χ1n) is 4.01. The van der Waals surface area contributed by atoms with E-state index in [-0.39, 0.29) is 24.5 Å². The van der Waals surface area contributed by atoms with E-state index in [1.54, 1.807) is 6.92 Å². The zero-order valence-corrected chi connectivity index (χ0v) is 7.51. The van der Waals surface area contributed by atoms with Gasteiger partial charge < -0.3 is 10.1 Å². The van der Waals surface area contributed by atoms with E-state index >= 15 is 0 Å². The van der Waals surface area contributed by atoms with Crippen molar-refractivity contribution in [1.82, 2.24) is 0 Å². The molecule has 0 aliphatic rings. The molecule has 1 aromatic rings. The highest BCUT2D eigenvalue weighted by Crippen LogP contribution is 2.25. The Bertz CT molecular complexity index is 342. The summed E-state index contributed by atoms with van der Waals surface area (Å²) in [6.45, 7) is 1.91. The topological polar surface area (TPSA) is 38.3 Å². The third-order valence-electron chi connectivity index (χ3n) is 1.56. The molecule has 0 aromatic heterocycles. The van der Waals surface area contributed by atoms with Gasteiger partial charge in [-0.15, -0.1) is 0 Å². The van der Waals surface area contributed by atoms with E-state index in [4.69, 9.17) is 4.74 Å². The number of anilines is 1. The standard InChI is InChI=1S/C9H9F2NO2/c1-2-14-7-4-3-6(12-5-13)8(10)9(7)11/h3-5H,2H2,1H3,(H,12,13). The van der Waals surface area contributed by atoms with Gasteiger partial charge in [-0.2, -0.15) is 4.39 Å². The molecule has 5 heteroatoms. The molecule has 0 radical (unpaired) electrons. The summed E-state index contributed by atoms with van der Waals surface area (Å²) in [6, 6.07) is 2.49. The van der Waals surface area contributed by atoms with Crippen LogP contribution in [-0.4, -0.2) is 13.0 Å². The van der Waals surface area contributed by atoms with E-state index in [2.05, 4.69) is 0 Å². The van der Waals surface area contributed by atoms with Crippen molar-refractivity contribution in [2.45, 2.75) is 6.92 Å². The van der Waals surface area contributed by atoms with Crippen molar-refractivity contribution < 1.29 is 18.3 Å². The Morgan fingerprint density at radius 2 is 2.14 bits per heavy atom. The van der Waals surface area contributed by atoms with Crippen LogP contribution in [0.1, 0.15) is 6.92 Å². The Kier molecular flexibility index (Phi) is 3.39. The molecule has 0 aliphatic heterocycles. The van der Waals surface area contributed by atoms with Gasteiger partial charge in [-0.25, -0.2) is 4.39 Å². The highest BCUT2D eigenvalue weighted by Gasteiger charge is 2.13. The maximum atomic E-state index is 13.1. The van der Waals surface area contributed by atoms with E-state index in [9.17, 15) is 13.6 Å². The maximum absolute atomic E-state index is 13.1. The minimum Gasteiger partial charge on any atom is -0.491 e. The van der Waals surface area contributed by atoms with Gasteiger partial charge in [0, 0.05) is 0 Å². The molecule has 0 aliphatic carbocycles. The summed E-state index contributed by atoms with van der Waals surface area (Å²) >= 11 is 0. The van der Waals surface area contributed by atoms with Crippen molar-refractivity contribution in [2.75, 3.05) is 11.9 Å². The minimum absolute atomic E-state index is 0.165. The lowest BCUT2D eigenvalue weighted by molar-refractivity contribution is -0.105. The van der Waals surface area contributed by atoms with Gasteiger partial charge in [0.05, 0.1) is 12.3 Å². The zero-order valence-electron chi connectivity index (χ0n) is 7.51. The molecule has 76 valence electrons. The fourth-order valence-corrected chi connectivity index (χ4v) is 0.974. The van der Waals surface area contributed by atoms with Gasteiger partial charge in [-0.05, 0) is 19.1 Å². The van der Waals surface area contributed by atoms with Gasteiger partial charge in [-0.3, -0.25) is 4.79 Å². The Morgan fingerprint density at radius 3 is 2.71 bits per heavy atom. The van der Waals surface area contributed by atoms with Crippen LogP contribution in [0.4, 0.5) is 14.5 Å². The quantitative estimate of drug-likeness (QED) is 0.756.